The van der Waals surface area contributed by atoms with E-state index in [1.807, 2.05) is 0 Å². The van der Waals surface area contributed by atoms with Crippen LogP contribution in [0.25, 0.3) is 0 Å². The maximum atomic E-state index is 2.40. The fraction of sp³-hybridized carbons (Fsp3) is 0.643. The standard InChI is InChI=1S/C14H24N2.2HI/c1-4-15-10-6-8-13(12-15)14-9-7-11-16(14,3)5-2;;/h6,8,10,12,14H,4-5,7,9,11H2,1-3H3;2*1H/q+2;;/p-2/t14-,16?;;/m0../s1. The highest BCUT2D eigenvalue weighted by Crippen LogP contribution is 2.36. The monoisotopic (exact) mass is 474 g/mol. The van der Waals surface area contributed by atoms with Gasteiger partial charge in [0.1, 0.15) is 12.6 Å². The number of nitrogens with zero attached hydrogens (tertiary/aromatic N) is 2. The molecule has 0 aliphatic carbocycles. The summed E-state index contributed by atoms with van der Waals surface area (Å²) in [6.07, 6.45) is 7.21. The van der Waals surface area contributed by atoms with E-state index in [2.05, 4.69) is 50.0 Å². The zero-order chi connectivity index (χ0) is 11.6. The van der Waals surface area contributed by atoms with Crippen LogP contribution in [0, 0.1) is 0 Å². The van der Waals surface area contributed by atoms with Crippen LogP contribution in [0.15, 0.2) is 24.5 Å². The predicted octanol–water partition coefficient (Wildman–Crippen LogP) is -3.70. The summed E-state index contributed by atoms with van der Waals surface area (Å²) in [5.41, 5.74) is 1.52. The van der Waals surface area contributed by atoms with E-state index in [4.69, 9.17) is 0 Å². The van der Waals surface area contributed by atoms with Gasteiger partial charge in [0.05, 0.1) is 25.7 Å². The second-order valence-electron chi connectivity index (χ2n) is 5.15. The molecule has 0 spiro atoms. The van der Waals surface area contributed by atoms with Gasteiger partial charge in [-0.05, 0) is 19.9 Å². The normalized spacial score (nSPS) is 26.3. The van der Waals surface area contributed by atoms with Gasteiger partial charge in [-0.3, -0.25) is 0 Å². The summed E-state index contributed by atoms with van der Waals surface area (Å²) >= 11 is 0. The summed E-state index contributed by atoms with van der Waals surface area (Å²) in [5.74, 6) is 0. The van der Waals surface area contributed by atoms with Crippen molar-refractivity contribution in [1.29, 1.82) is 0 Å². The highest BCUT2D eigenvalue weighted by atomic mass is 127. The van der Waals surface area contributed by atoms with Crippen molar-refractivity contribution in [3.8, 4) is 0 Å². The number of aromatic nitrogens is 1. The second kappa shape index (κ2) is 7.99. The van der Waals surface area contributed by atoms with Gasteiger partial charge in [0.25, 0.3) is 0 Å². The van der Waals surface area contributed by atoms with Crippen molar-refractivity contribution in [2.45, 2.75) is 39.3 Å². The van der Waals surface area contributed by atoms with Crippen LogP contribution in [-0.4, -0.2) is 24.6 Å². The molecule has 104 valence electrons. The molecule has 2 nitrogen and oxygen atoms in total. The molecule has 18 heavy (non-hydrogen) atoms. The van der Waals surface area contributed by atoms with Gasteiger partial charge in [-0.2, -0.15) is 0 Å². The Morgan fingerprint density at radius 2 is 2.06 bits per heavy atom. The lowest BCUT2D eigenvalue weighted by Gasteiger charge is -2.34. The van der Waals surface area contributed by atoms with E-state index in [-0.39, 0.29) is 48.0 Å². The molecule has 4 heteroatoms. The van der Waals surface area contributed by atoms with E-state index in [0.29, 0.717) is 6.04 Å². The van der Waals surface area contributed by atoms with Crippen molar-refractivity contribution in [3.05, 3.63) is 30.1 Å². The van der Waals surface area contributed by atoms with Crippen LogP contribution in [0.3, 0.4) is 0 Å². The van der Waals surface area contributed by atoms with Gasteiger partial charge in [0.15, 0.2) is 12.4 Å². The first-order valence-corrected chi connectivity index (χ1v) is 6.53. The molecule has 2 atom stereocenters. The quantitative estimate of drug-likeness (QED) is 0.242. The summed E-state index contributed by atoms with van der Waals surface area (Å²) in [6.45, 7) is 8.16. The molecule has 1 saturated heterocycles. The number of likely N-dealkylation sites (tertiary alicyclic amines) is 1. The van der Waals surface area contributed by atoms with E-state index < -0.39 is 0 Å². The molecule has 1 aliphatic heterocycles. The largest absolute Gasteiger partial charge is 1.00 e. The Morgan fingerprint density at radius 3 is 2.67 bits per heavy atom. The van der Waals surface area contributed by atoms with Crippen molar-refractivity contribution in [3.63, 3.8) is 0 Å². The molecule has 0 N–H and O–H groups in total. The maximum absolute atomic E-state index is 2.40. The van der Waals surface area contributed by atoms with Gasteiger partial charge in [-0.15, -0.1) is 0 Å². The highest BCUT2D eigenvalue weighted by Gasteiger charge is 2.38. The van der Waals surface area contributed by atoms with Gasteiger partial charge in [-0.25, -0.2) is 4.57 Å². The zero-order valence-electron chi connectivity index (χ0n) is 11.6. The summed E-state index contributed by atoms with van der Waals surface area (Å²) in [4.78, 5) is 0. The third-order valence-corrected chi connectivity index (χ3v) is 4.25. The Bertz CT molecular complexity index is 371. The lowest BCUT2D eigenvalue weighted by Crippen LogP contribution is -3.00. The average Bonchev–Trinajstić information content (AvgIpc) is 2.72. The summed E-state index contributed by atoms with van der Waals surface area (Å²) in [6, 6.07) is 5.20. The first-order chi connectivity index (χ1) is 7.69. The molecule has 0 amide bonds. The van der Waals surface area contributed by atoms with Crippen LogP contribution in [0.2, 0.25) is 0 Å². The number of rotatable bonds is 3. The van der Waals surface area contributed by atoms with Crippen LogP contribution in [0.1, 0.15) is 38.3 Å². The predicted molar refractivity (Wildman–Crippen MR) is 65.9 cm³/mol. The van der Waals surface area contributed by atoms with Crippen LogP contribution in [0.5, 0.6) is 0 Å². The van der Waals surface area contributed by atoms with E-state index in [1.165, 1.54) is 36.0 Å². The lowest BCUT2D eigenvalue weighted by molar-refractivity contribution is -0.925. The Hall–Kier alpha value is 0.570. The molecule has 0 radical (unpaired) electrons. The molecule has 0 aromatic carbocycles. The lowest BCUT2D eigenvalue weighted by atomic mass is 10.1. The molecule has 0 saturated carbocycles. The van der Waals surface area contributed by atoms with Crippen molar-refractivity contribution in [2.24, 2.45) is 0 Å². The molecule has 0 bridgehead atoms. The van der Waals surface area contributed by atoms with E-state index in [1.54, 1.807) is 0 Å². The molecular formula is C14H24I2N2. The van der Waals surface area contributed by atoms with Gasteiger partial charge in [0.2, 0.25) is 0 Å². The molecular weight excluding hydrogens is 450 g/mol. The maximum Gasteiger partial charge on any atom is 0.177 e. The smallest absolute Gasteiger partial charge is 0.177 e. The van der Waals surface area contributed by atoms with Gasteiger partial charge >= 0.3 is 0 Å². The van der Waals surface area contributed by atoms with Crippen LogP contribution in [-0.2, 0) is 6.54 Å². The van der Waals surface area contributed by atoms with E-state index in [9.17, 15) is 0 Å². The first-order valence-electron chi connectivity index (χ1n) is 6.53. The second-order valence-corrected chi connectivity index (χ2v) is 5.15. The van der Waals surface area contributed by atoms with Crippen molar-refractivity contribution in [1.82, 2.24) is 0 Å². The third kappa shape index (κ3) is 3.79. The minimum absolute atomic E-state index is 0. The molecule has 2 rings (SSSR count). The fourth-order valence-corrected chi connectivity index (χ4v) is 2.95. The van der Waals surface area contributed by atoms with Crippen molar-refractivity contribution in [2.75, 3.05) is 20.1 Å². The fourth-order valence-electron chi connectivity index (χ4n) is 2.95. The van der Waals surface area contributed by atoms with Crippen LogP contribution < -0.4 is 52.5 Å². The zero-order valence-corrected chi connectivity index (χ0v) is 15.9. The van der Waals surface area contributed by atoms with Crippen molar-refractivity contribution >= 4 is 0 Å². The van der Waals surface area contributed by atoms with Gasteiger partial charge in [-0.1, -0.05) is 0 Å². The molecule has 1 aromatic heterocycles. The van der Waals surface area contributed by atoms with E-state index in [0.717, 1.165) is 6.54 Å². The number of hydrogen-bond acceptors (Lipinski definition) is 0. The minimum atomic E-state index is 0. The number of hydrogen-bond donors (Lipinski definition) is 0. The topological polar surface area (TPSA) is 3.88 Å². The summed E-state index contributed by atoms with van der Waals surface area (Å²) < 4.78 is 3.50. The number of halogens is 2. The van der Waals surface area contributed by atoms with Gasteiger partial charge in [0, 0.05) is 18.9 Å². The number of pyridine rings is 1. The Balaban J connectivity index is 0.00000144. The molecule has 1 aliphatic rings. The first kappa shape index (κ1) is 18.6. The van der Waals surface area contributed by atoms with E-state index >= 15 is 0 Å². The third-order valence-electron chi connectivity index (χ3n) is 4.25. The summed E-state index contributed by atoms with van der Waals surface area (Å²) in [7, 11) is 2.40. The molecule has 1 fully saturated rings. The van der Waals surface area contributed by atoms with Gasteiger partial charge < -0.3 is 52.4 Å². The van der Waals surface area contributed by atoms with Crippen LogP contribution in [0.4, 0.5) is 0 Å². The minimum Gasteiger partial charge on any atom is -1.00 e. The SMILES string of the molecule is CC[n+]1cccc([C@@H]2CCC[N+]2(C)CC)c1.[I-].[I-]. The molecule has 2 heterocycles. The Labute approximate surface area is 145 Å². The Morgan fingerprint density at radius 1 is 1.33 bits per heavy atom. The highest BCUT2D eigenvalue weighted by molar-refractivity contribution is 5.10. The Kier molecular flexibility index (Phi) is 8.24. The number of quaternary nitrogens is 1. The number of aryl methyl sites for hydroxylation is 1. The molecule has 1 unspecified atom stereocenters. The molecule has 1 aromatic rings. The summed E-state index contributed by atoms with van der Waals surface area (Å²) in [5, 5.41) is 0. The van der Waals surface area contributed by atoms with Crippen molar-refractivity contribution < 1.29 is 57.0 Å². The van der Waals surface area contributed by atoms with Crippen LogP contribution >= 0.6 is 0 Å². The average molecular weight is 474 g/mol.